The summed E-state index contributed by atoms with van der Waals surface area (Å²) in [4.78, 5) is 0. The van der Waals surface area contributed by atoms with E-state index in [2.05, 4.69) is 0 Å². The van der Waals surface area contributed by atoms with Crippen LogP contribution in [-0.2, 0) is 10.8 Å². The van der Waals surface area contributed by atoms with Crippen molar-refractivity contribution in [1.29, 1.82) is 0 Å². The lowest BCUT2D eigenvalue weighted by molar-refractivity contribution is 0.0517. The molecule has 0 N–H and O–H groups in total. The fourth-order valence-corrected chi connectivity index (χ4v) is 1.44. The molecule has 0 saturated carbocycles. The first-order valence-corrected chi connectivity index (χ1v) is 4.60. The Balaban J connectivity index is 4.60. The van der Waals surface area contributed by atoms with E-state index >= 15 is 0 Å². The first-order chi connectivity index (χ1) is 5.28. The fraction of sp³-hybridized carbons (Fsp3) is 1.00. The molecular weight excluding hydrogens is 196 g/mol. The summed E-state index contributed by atoms with van der Waals surface area (Å²) in [6, 6.07) is 0. The van der Waals surface area contributed by atoms with Crippen LogP contribution in [0.1, 0.15) is 26.7 Å². The second-order valence-electron chi connectivity index (χ2n) is 2.25. The van der Waals surface area contributed by atoms with E-state index in [1.54, 1.807) is 0 Å². The largest absolute Gasteiger partial charge is 0.326 e. The summed E-state index contributed by atoms with van der Waals surface area (Å²) in [5, 5.41) is -7.58. The van der Waals surface area contributed by atoms with Crippen LogP contribution < -0.4 is 0 Å². The Morgan fingerprint density at radius 3 is 1.42 bits per heavy atom. The zero-order valence-corrected chi connectivity index (χ0v) is 7.56. The summed E-state index contributed by atoms with van der Waals surface area (Å²) in [6.07, 6.45) is -1.68. The first-order valence-electron chi connectivity index (χ1n) is 3.45. The van der Waals surface area contributed by atoms with Gasteiger partial charge in [0.05, 0.1) is 0 Å². The lowest BCUT2D eigenvalue weighted by Crippen LogP contribution is -2.35. The molecule has 0 amide bonds. The van der Waals surface area contributed by atoms with Crippen LogP contribution in [0.3, 0.4) is 0 Å². The third kappa shape index (κ3) is 2.43. The van der Waals surface area contributed by atoms with Gasteiger partial charge in [-0.25, -0.2) is 4.21 Å². The monoisotopic (exact) mass is 206 g/mol. The summed E-state index contributed by atoms with van der Waals surface area (Å²) in [7, 11) is -3.41. The van der Waals surface area contributed by atoms with Crippen LogP contribution in [0.15, 0.2) is 0 Å². The normalized spacial score (nSPS) is 13.9. The van der Waals surface area contributed by atoms with Gasteiger partial charge in [0, 0.05) is 12.8 Å². The molecule has 0 spiro atoms. The molecule has 0 atom stereocenters. The minimum absolute atomic E-state index is 0.838. The minimum Gasteiger partial charge on any atom is -0.247 e. The molecule has 0 aromatic heterocycles. The van der Waals surface area contributed by atoms with Crippen molar-refractivity contribution in [2.45, 2.75) is 37.2 Å². The average Bonchev–Trinajstić information content (AvgIpc) is 2.03. The molecule has 0 aliphatic rings. The SMILES string of the molecule is CCC(F)(F)S(=O)C(F)(F)CC. The summed E-state index contributed by atoms with van der Waals surface area (Å²) in [6.45, 7) is 2.04. The molecule has 0 aromatic carbocycles. The van der Waals surface area contributed by atoms with Gasteiger partial charge in [-0.05, 0) is 0 Å². The van der Waals surface area contributed by atoms with Gasteiger partial charge in [-0.15, -0.1) is 0 Å². The Morgan fingerprint density at radius 2 is 1.25 bits per heavy atom. The maximum absolute atomic E-state index is 12.4. The molecular formula is C6H10F4OS. The maximum Gasteiger partial charge on any atom is 0.326 e. The Hall–Kier alpha value is -0.130. The average molecular weight is 206 g/mol. The van der Waals surface area contributed by atoms with E-state index in [4.69, 9.17) is 0 Å². The molecule has 0 saturated heterocycles. The van der Waals surface area contributed by atoms with Gasteiger partial charge in [0.15, 0.2) is 10.8 Å². The van der Waals surface area contributed by atoms with Crippen LogP contribution in [0.5, 0.6) is 0 Å². The van der Waals surface area contributed by atoms with E-state index in [1.807, 2.05) is 0 Å². The standard InChI is InChI=1S/C6H10F4OS/c1-3-5(7,8)12(11)6(9,10)4-2/h3-4H2,1-2H3. The van der Waals surface area contributed by atoms with Crippen molar-refractivity contribution >= 4 is 10.8 Å². The third-order valence-corrected chi connectivity index (χ3v) is 3.03. The Morgan fingerprint density at radius 1 is 1.00 bits per heavy atom. The van der Waals surface area contributed by atoms with Crippen molar-refractivity contribution in [2.24, 2.45) is 0 Å². The quantitative estimate of drug-likeness (QED) is 0.646. The fourth-order valence-electron chi connectivity index (χ4n) is 0.481. The molecule has 0 aromatic rings. The molecule has 0 aliphatic heterocycles. The van der Waals surface area contributed by atoms with Gasteiger partial charge >= 0.3 is 10.5 Å². The summed E-state index contributed by atoms with van der Waals surface area (Å²) in [5.41, 5.74) is 0. The van der Waals surface area contributed by atoms with Crippen LogP contribution >= 0.6 is 0 Å². The van der Waals surface area contributed by atoms with Crippen LogP contribution in [0, 0.1) is 0 Å². The number of rotatable bonds is 4. The van der Waals surface area contributed by atoms with E-state index in [0.717, 1.165) is 13.8 Å². The number of halogens is 4. The Bertz CT molecular complexity index is 162. The third-order valence-electron chi connectivity index (χ3n) is 1.37. The molecule has 74 valence electrons. The van der Waals surface area contributed by atoms with Gasteiger partial charge in [0.25, 0.3) is 0 Å². The highest BCUT2D eigenvalue weighted by Crippen LogP contribution is 2.35. The molecule has 0 fully saturated rings. The maximum atomic E-state index is 12.4. The number of hydrogen-bond acceptors (Lipinski definition) is 1. The van der Waals surface area contributed by atoms with Gasteiger partial charge in [-0.1, -0.05) is 13.8 Å². The number of alkyl halides is 4. The summed E-state index contributed by atoms with van der Waals surface area (Å²) >= 11 is 0. The lowest BCUT2D eigenvalue weighted by Gasteiger charge is -2.19. The predicted octanol–water partition coefficient (Wildman–Crippen LogP) is 2.74. The van der Waals surface area contributed by atoms with Gasteiger partial charge in [-0.2, -0.15) is 17.6 Å². The van der Waals surface area contributed by atoms with E-state index in [-0.39, 0.29) is 0 Å². The molecule has 0 heterocycles. The van der Waals surface area contributed by atoms with Crippen molar-refractivity contribution in [3.8, 4) is 0 Å². The first kappa shape index (κ1) is 11.9. The minimum atomic E-state index is -3.79. The second kappa shape index (κ2) is 3.72. The predicted molar refractivity (Wildman–Crippen MR) is 38.6 cm³/mol. The molecule has 6 heteroatoms. The molecule has 12 heavy (non-hydrogen) atoms. The highest BCUT2D eigenvalue weighted by Gasteiger charge is 2.49. The van der Waals surface area contributed by atoms with Crippen LogP contribution in [0.2, 0.25) is 0 Å². The highest BCUT2D eigenvalue weighted by molar-refractivity contribution is 7.87. The molecule has 0 radical (unpaired) electrons. The van der Waals surface area contributed by atoms with Crippen LogP contribution in [0.4, 0.5) is 17.6 Å². The summed E-state index contributed by atoms with van der Waals surface area (Å²) < 4.78 is 60.4. The molecule has 0 rings (SSSR count). The van der Waals surface area contributed by atoms with Crippen molar-refractivity contribution in [3.63, 3.8) is 0 Å². The number of hydrogen-bond donors (Lipinski definition) is 0. The molecule has 0 bridgehead atoms. The van der Waals surface area contributed by atoms with E-state index in [9.17, 15) is 21.8 Å². The molecule has 0 unspecified atom stereocenters. The van der Waals surface area contributed by atoms with E-state index < -0.39 is 34.2 Å². The Kier molecular flexibility index (Phi) is 3.68. The lowest BCUT2D eigenvalue weighted by atomic mass is 10.5. The summed E-state index contributed by atoms with van der Waals surface area (Å²) in [5.74, 6) is 0. The van der Waals surface area contributed by atoms with Crippen molar-refractivity contribution in [2.75, 3.05) is 0 Å². The van der Waals surface area contributed by atoms with E-state index in [1.165, 1.54) is 0 Å². The molecule has 0 aliphatic carbocycles. The van der Waals surface area contributed by atoms with Crippen LogP contribution in [0.25, 0.3) is 0 Å². The van der Waals surface area contributed by atoms with Crippen LogP contribution in [-0.4, -0.2) is 14.7 Å². The van der Waals surface area contributed by atoms with Crippen molar-refractivity contribution < 1.29 is 21.8 Å². The van der Waals surface area contributed by atoms with E-state index in [0.29, 0.717) is 0 Å². The smallest absolute Gasteiger partial charge is 0.247 e. The topological polar surface area (TPSA) is 17.1 Å². The highest BCUT2D eigenvalue weighted by atomic mass is 32.2. The zero-order chi connectivity index (χ0) is 9.99. The van der Waals surface area contributed by atoms with Crippen molar-refractivity contribution in [3.05, 3.63) is 0 Å². The van der Waals surface area contributed by atoms with Gasteiger partial charge < -0.3 is 0 Å². The van der Waals surface area contributed by atoms with Gasteiger partial charge in [0.2, 0.25) is 0 Å². The van der Waals surface area contributed by atoms with Gasteiger partial charge in [-0.3, -0.25) is 0 Å². The van der Waals surface area contributed by atoms with Gasteiger partial charge in [0.1, 0.15) is 0 Å². The second-order valence-corrected chi connectivity index (χ2v) is 3.98. The molecule has 1 nitrogen and oxygen atoms in total. The van der Waals surface area contributed by atoms with Crippen molar-refractivity contribution in [1.82, 2.24) is 0 Å². The Labute approximate surface area is 70.6 Å². The zero-order valence-electron chi connectivity index (χ0n) is 6.74.